The van der Waals surface area contributed by atoms with E-state index in [0.717, 1.165) is 18.5 Å². The molecule has 2 aliphatic rings. The molecule has 1 aromatic heterocycles. The molecule has 1 atom stereocenters. The third-order valence-electron chi connectivity index (χ3n) is 4.44. The maximum absolute atomic E-state index is 12.3. The van der Waals surface area contributed by atoms with Crippen molar-refractivity contribution < 1.29 is 9.53 Å². The van der Waals surface area contributed by atoms with E-state index in [0.29, 0.717) is 26.2 Å². The van der Waals surface area contributed by atoms with Crippen molar-refractivity contribution in [1.29, 1.82) is 0 Å². The minimum absolute atomic E-state index is 0.00587. The van der Waals surface area contributed by atoms with Crippen LogP contribution in [0.5, 0.6) is 0 Å². The van der Waals surface area contributed by atoms with Gasteiger partial charge in [-0.25, -0.2) is 4.79 Å². The van der Waals surface area contributed by atoms with Gasteiger partial charge in [0, 0.05) is 19.3 Å². The first-order valence-electron chi connectivity index (χ1n) is 8.52. The number of hydrogen-bond acceptors (Lipinski definition) is 3. The minimum atomic E-state index is 0.00587. The van der Waals surface area contributed by atoms with Crippen molar-refractivity contribution in [2.45, 2.75) is 45.3 Å². The zero-order chi connectivity index (χ0) is 16.1. The van der Waals surface area contributed by atoms with Gasteiger partial charge >= 0.3 is 6.03 Å². The van der Waals surface area contributed by atoms with Gasteiger partial charge in [-0.05, 0) is 38.2 Å². The van der Waals surface area contributed by atoms with Crippen molar-refractivity contribution in [3.8, 4) is 0 Å². The second-order valence-electron chi connectivity index (χ2n) is 6.42. The van der Waals surface area contributed by atoms with Crippen LogP contribution in [0.1, 0.15) is 31.2 Å². The van der Waals surface area contributed by atoms with Gasteiger partial charge in [-0.15, -0.1) is 0 Å². The predicted molar refractivity (Wildman–Crippen MR) is 88.2 cm³/mol. The fraction of sp³-hybridized carbons (Fsp3) is 0.647. The SMILES string of the molecule is Cc1cnn(CC2CN(C(=O)NCCC3=CCCC3)CCO2)c1. The third kappa shape index (κ3) is 4.58. The molecule has 3 rings (SSSR count). The Morgan fingerprint density at radius 1 is 1.52 bits per heavy atom. The molecule has 1 saturated heterocycles. The molecule has 1 N–H and O–H groups in total. The number of morpholine rings is 1. The maximum Gasteiger partial charge on any atom is 0.317 e. The number of urea groups is 1. The molecule has 1 aromatic rings. The Kier molecular flexibility index (Phi) is 5.33. The molecule has 0 bridgehead atoms. The second-order valence-corrected chi connectivity index (χ2v) is 6.42. The van der Waals surface area contributed by atoms with E-state index in [-0.39, 0.29) is 12.1 Å². The Morgan fingerprint density at radius 2 is 2.43 bits per heavy atom. The van der Waals surface area contributed by atoms with Crippen molar-refractivity contribution in [1.82, 2.24) is 20.0 Å². The first-order valence-corrected chi connectivity index (χ1v) is 8.52. The summed E-state index contributed by atoms with van der Waals surface area (Å²) < 4.78 is 7.65. The Hall–Kier alpha value is -1.82. The molecule has 6 nitrogen and oxygen atoms in total. The standard InChI is InChI=1S/C17H26N4O2/c1-14-10-19-21(11-14)13-16-12-20(8-9-23-16)17(22)18-7-6-15-4-2-3-5-15/h4,10-11,16H,2-3,5-9,12-13H2,1H3,(H,18,22). The lowest BCUT2D eigenvalue weighted by molar-refractivity contribution is -0.0237. The average Bonchev–Trinajstić information content (AvgIpc) is 3.19. The molecule has 2 heterocycles. The highest BCUT2D eigenvalue weighted by molar-refractivity contribution is 5.74. The van der Waals surface area contributed by atoms with E-state index >= 15 is 0 Å². The van der Waals surface area contributed by atoms with Crippen LogP contribution >= 0.6 is 0 Å². The molecule has 1 aliphatic heterocycles. The van der Waals surface area contributed by atoms with Gasteiger partial charge in [-0.3, -0.25) is 4.68 Å². The minimum Gasteiger partial charge on any atom is -0.373 e. The van der Waals surface area contributed by atoms with Gasteiger partial charge in [0.1, 0.15) is 0 Å². The van der Waals surface area contributed by atoms with E-state index in [1.54, 1.807) is 0 Å². The molecular formula is C17H26N4O2. The van der Waals surface area contributed by atoms with Crippen molar-refractivity contribution in [2.24, 2.45) is 0 Å². The summed E-state index contributed by atoms with van der Waals surface area (Å²) in [5.74, 6) is 0. The van der Waals surface area contributed by atoms with Crippen LogP contribution < -0.4 is 5.32 Å². The molecule has 6 heteroatoms. The molecule has 2 amide bonds. The highest BCUT2D eigenvalue weighted by Gasteiger charge is 2.24. The van der Waals surface area contributed by atoms with Crippen molar-refractivity contribution in [3.63, 3.8) is 0 Å². The van der Waals surface area contributed by atoms with Crippen LogP contribution in [0, 0.1) is 6.92 Å². The molecule has 0 spiro atoms. The van der Waals surface area contributed by atoms with Gasteiger partial charge < -0.3 is 15.0 Å². The topological polar surface area (TPSA) is 59.4 Å². The van der Waals surface area contributed by atoms with Crippen LogP contribution in [-0.2, 0) is 11.3 Å². The van der Waals surface area contributed by atoms with Crippen LogP contribution in [0.25, 0.3) is 0 Å². The molecular weight excluding hydrogens is 292 g/mol. The summed E-state index contributed by atoms with van der Waals surface area (Å²) in [5.41, 5.74) is 2.62. The first-order chi connectivity index (χ1) is 11.2. The van der Waals surface area contributed by atoms with Gasteiger partial charge in [0.15, 0.2) is 0 Å². The molecule has 1 unspecified atom stereocenters. The van der Waals surface area contributed by atoms with E-state index in [9.17, 15) is 4.79 Å². The number of amides is 2. The van der Waals surface area contributed by atoms with E-state index in [1.165, 1.54) is 24.8 Å². The summed E-state index contributed by atoms with van der Waals surface area (Å²) in [7, 11) is 0. The van der Waals surface area contributed by atoms with Crippen LogP contribution in [0.2, 0.25) is 0 Å². The summed E-state index contributed by atoms with van der Waals surface area (Å²) in [4.78, 5) is 14.1. The maximum atomic E-state index is 12.3. The lowest BCUT2D eigenvalue weighted by Crippen LogP contribution is -2.50. The number of carbonyl (C=O) groups is 1. The van der Waals surface area contributed by atoms with Crippen molar-refractivity contribution in [2.75, 3.05) is 26.2 Å². The van der Waals surface area contributed by atoms with E-state index in [2.05, 4.69) is 16.5 Å². The zero-order valence-electron chi connectivity index (χ0n) is 13.8. The molecule has 0 aromatic carbocycles. The van der Waals surface area contributed by atoms with Crippen LogP contribution in [0.4, 0.5) is 4.79 Å². The summed E-state index contributed by atoms with van der Waals surface area (Å²) in [6, 6.07) is 0.0218. The zero-order valence-corrected chi connectivity index (χ0v) is 13.8. The third-order valence-corrected chi connectivity index (χ3v) is 4.44. The first kappa shape index (κ1) is 16.1. The highest BCUT2D eigenvalue weighted by Crippen LogP contribution is 2.19. The van der Waals surface area contributed by atoms with Crippen LogP contribution in [-0.4, -0.2) is 53.1 Å². The number of aromatic nitrogens is 2. The van der Waals surface area contributed by atoms with E-state index < -0.39 is 0 Å². The number of nitrogens with zero attached hydrogens (tertiary/aromatic N) is 3. The van der Waals surface area contributed by atoms with Gasteiger partial charge in [0.25, 0.3) is 0 Å². The lowest BCUT2D eigenvalue weighted by atomic mass is 10.2. The van der Waals surface area contributed by atoms with E-state index in [1.807, 2.05) is 28.9 Å². The highest BCUT2D eigenvalue weighted by atomic mass is 16.5. The molecule has 23 heavy (non-hydrogen) atoms. The average molecular weight is 318 g/mol. The Morgan fingerprint density at radius 3 is 3.17 bits per heavy atom. The second kappa shape index (κ2) is 7.64. The summed E-state index contributed by atoms with van der Waals surface area (Å²) in [6.07, 6.45) is 10.8. The summed E-state index contributed by atoms with van der Waals surface area (Å²) in [6.45, 7) is 5.29. The normalized spacial score (nSPS) is 21.3. The lowest BCUT2D eigenvalue weighted by Gasteiger charge is -2.33. The van der Waals surface area contributed by atoms with Gasteiger partial charge in [-0.1, -0.05) is 11.6 Å². The van der Waals surface area contributed by atoms with E-state index in [4.69, 9.17) is 4.74 Å². The van der Waals surface area contributed by atoms with Crippen molar-refractivity contribution >= 4 is 6.03 Å². The van der Waals surface area contributed by atoms with Gasteiger partial charge in [0.2, 0.25) is 0 Å². The number of allylic oxidation sites excluding steroid dienone is 1. The fourth-order valence-corrected chi connectivity index (χ4v) is 3.20. The van der Waals surface area contributed by atoms with Crippen LogP contribution in [0.15, 0.2) is 24.0 Å². The Labute approximate surface area is 137 Å². The number of carbonyl (C=O) groups excluding carboxylic acids is 1. The molecule has 1 aliphatic carbocycles. The van der Waals surface area contributed by atoms with Crippen molar-refractivity contribution in [3.05, 3.63) is 29.6 Å². The molecule has 1 fully saturated rings. The summed E-state index contributed by atoms with van der Waals surface area (Å²) >= 11 is 0. The number of aryl methyl sites for hydroxylation is 1. The van der Waals surface area contributed by atoms with Gasteiger partial charge in [-0.2, -0.15) is 5.10 Å². The fourth-order valence-electron chi connectivity index (χ4n) is 3.20. The monoisotopic (exact) mass is 318 g/mol. The quantitative estimate of drug-likeness (QED) is 0.846. The van der Waals surface area contributed by atoms with Crippen LogP contribution in [0.3, 0.4) is 0 Å². The smallest absolute Gasteiger partial charge is 0.317 e. The van der Waals surface area contributed by atoms with Gasteiger partial charge in [0.05, 0.1) is 32.0 Å². The Bertz CT molecular complexity index is 567. The number of hydrogen-bond donors (Lipinski definition) is 1. The number of nitrogens with one attached hydrogen (secondary N) is 1. The molecule has 126 valence electrons. The summed E-state index contributed by atoms with van der Waals surface area (Å²) in [5, 5.41) is 7.32. The largest absolute Gasteiger partial charge is 0.373 e. The Balaban J connectivity index is 1.42. The number of rotatable bonds is 5. The molecule has 0 radical (unpaired) electrons. The molecule has 0 saturated carbocycles. The number of ether oxygens (including phenoxy) is 1. The predicted octanol–water partition coefficient (Wildman–Crippen LogP) is 2.10.